The number of para-hydroxylation sites is 1. The SMILES string of the molecule is O=C(Nc1ccccc1I)C1=Cc2cc(Cl)ccc2OC1. The molecule has 2 aromatic rings. The second-order valence-electron chi connectivity index (χ2n) is 4.57. The van der Waals surface area contributed by atoms with Crippen molar-refractivity contribution in [3.05, 3.63) is 62.2 Å². The predicted octanol–water partition coefficient (Wildman–Crippen LogP) is 4.36. The lowest BCUT2D eigenvalue weighted by atomic mass is 10.1. The normalized spacial score (nSPS) is 13.0. The van der Waals surface area contributed by atoms with Crippen molar-refractivity contribution in [2.45, 2.75) is 0 Å². The predicted molar refractivity (Wildman–Crippen MR) is 92.7 cm³/mol. The third kappa shape index (κ3) is 3.22. The average Bonchev–Trinajstić information content (AvgIpc) is 2.48. The van der Waals surface area contributed by atoms with Gasteiger partial charge in [-0.15, -0.1) is 0 Å². The van der Waals surface area contributed by atoms with Gasteiger partial charge in [0.2, 0.25) is 0 Å². The lowest BCUT2D eigenvalue weighted by molar-refractivity contribution is -0.113. The maximum atomic E-state index is 12.3. The van der Waals surface area contributed by atoms with Gasteiger partial charge in [0.1, 0.15) is 12.4 Å². The summed E-state index contributed by atoms with van der Waals surface area (Å²) in [5.74, 6) is 0.579. The number of carbonyl (C=O) groups excluding carboxylic acids is 1. The highest BCUT2D eigenvalue weighted by Crippen LogP contribution is 2.29. The lowest BCUT2D eigenvalue weighted by Gasteiger charge is -2.18. The fourth-order valence-electron chi connectivity index (χ4n) is 2.04. The van der Waals surface area contributed by atoms with E-state index in [4.69, 9.17) is 16.3 Å². The molecular formula is C16H11ClINO2. The van der Waals surface area contributed by atoms with Crippen molar-refractivity contribution in [3.8, 4) is 5.75 Å². The Morgan fingerprint density at radius 2 is 2.05 bits per heavy atom. The second-order valence-corrected chi connectivity index (χ2v) is 6.17. The Bertz CT molecular complexity index is 743. The van der Waals surface area contributed by atoms with E-state index in [1.165, 1.54) is 0 Å². The smallest absolute Gasteiger partial charge is 0.255 e. The van der Waals surface area contributed by atoms with E-state index in [1.807, 2.05) is 36.4 Å². The molecule has 0 saturated carbocycles. The van der Waals surface area contributed by atoms with Gasteiger partial charge < -0.3 is 10.1 Å². The van der Waals surface area contributed by atoms with Crippen LogP contribution in [0, 0.1) is 3.57 Å². The molecule has 0 aliphatic carbocycles. The molecule has 1 aliphatic heterocycles. The maximum Gasteiger partial charge on any atom is 0.255 e. The van der Waals surface area contributed by atoms with E-state index in [0.29, 0.717) is 10.6 Å². The molecule has 106 valence electrons. The summed E-state index contributed by atoms with van der Waals surface area (Å²) in [6.07, 6.45) is 1.82. The zero-order valence-electron chi connectivity index (χ0n) is 10.9. The van der Waals surface area contributed by atoms with Gasteiger partial charge in [-0.2, -0.15) is 0 Å². The van der Waals surface area contributed by atoms with Crippen molar-refractivity contribution in [1.82, 2.24) is 0 Å². The summed E-state index contributed by atoms with van der Waals surface area (Å²) in [6, 6.07) is 13.0. The van der Waals surface area contributed by atoms with E-state index in [0.717, 1.165) is 20.6 Å². The van der Waals surface area contributed by atoms with Gasteiger partial charge in [0.05, 0.1) is 11.3 Å². The molecular weight excluding hydrogens is 401 g/mol. The number of nitrogens with one attached hydrogen (secondary N) is 1. The molecule has 0 aromatic heterocycles. The molecule has 0 atom stereocenters. The van der Waals surface area contributed by atoms with Crippen molar-refractivity contribution in [2.24, 2.45) is 0 Å². The third-order valence-corrected chi connectivity index (χ3v) is 4.27. The number of carbonyl (C=O) groups is 1. The molecule has 0 radical (unpaired) electrons. The highest BCUT2D eigenvalue weighted by atomic mass is 127. The fourth-order valence-corrected chi connectivity index (χ4v) is 2.75. The van der Waals surface area contributed by atoms with Crippen LogP contribution in [0.3, 0.4) is 0 Å². The number of anilines is 1. The molecule has 0 fully saturated rings. The lowest BCUT2D eigenvalue weighted by Crippen LogP contribution is -2.21. The van der Waals surface area contributed by atoms with Crippen LogP contribution in [-0.4, -0.2) is 12.5 Å². The van der Waals surface area contributed by atoms with Gasteiger partial charge in [-0.25, -0.2) is 0 Å². The zero-order chi connectivity index (χ0) is 14.8. The van der Waals surface area contributed by atoms with Gasteiger partial charge in [0.25, 0.3) is 5.91 Å². The van der Waals surface area contributed by atoms with Crippen LogP contribution in [0.4, 0.5) is 5.69 Å². The topological polar surface area (TPSA) is 38.3 Å². The van der Waals surface area contributed by atoms with Gasteiger partial charge in [0.15, 0.2) is 0 Å². The van der Waals surface area contributed by atoms with E-state index >= 15 is 0 Å². The Balaban J connectivity index is 1.84. The number of hydrogen-bond donors (Lipinski definition) is 1. The summed E-state index contributed by atoms with van der Waals surface area (Å²) >= 11 is 8.15. The van der Waals surface area contributed by atoms with Crippen LogP contribution in [0.5, 0.6) is 5.75 Å². The quantitative estimate of drug-likeness (QED) is 0.746. The van der Waals surface area contributed by atoms with Crippen LogP contribution in [0.1, 0.15) is 5.56 Å². The van der Waals surface area contributed by atoms with Gasteiger partial charge in [-0.1, -0.05) is 23.7 Å². The van der Waals surface area contributed by atoms with E-state index in [-0.39, 0.29) is 12.5 Å². The molecule has 0 saturated heterocycles. The first-order valence-corrected chi connectivity index (χ1v) is 7.78. The average molecular weight is 412 g/mol. The van der Waals surface area contributed by atoms with Crippen LogP contribution in [0.15, 0.2) is 48.0 Å². The van der Waals surface area contributed by atoms with Crippen molar-refractivity contribution in [1.29, 1.82) is 0 Å². The standard InChI is InChI=1S/C16H11ClINO2/c17-12-5-6-15-10(8-12)7-11(9-21-15)16(20)19-14-4-2-1-3-13(14)18/h1-8H,9H2,(H,19,20). The molecule has 0 unspecified atom stereocenters. The molecule has 0 spiro atoms. The Hall–Kier alpha value is -1.53. The minimum Gasteiger partial charge on any atom is -0.488 e. The first-order valence-electron chi connectivity index (χ1n) is 6.32. The van der Waals surface area contributed by atoms with Crippen molar-refractivity contribution >= 4 is 51.9 Å². The number of amides is 1. The van der Waals surface area contributed by atoms with Crippen LogP contribution < -0.4 is 10.1 Å². The highest BCUT2D eigenvalue weighted by molar-refractivity contribution is 14.1. The van der Waals surface area contributed by atoms with Crippen molar-refractivity contribution < 1.29 is 9.53 Å². The number of fused-ring (bicyclic) bond motifs is 1. The van der Waals surface area contributed by atoms with Crippen LogP contribution in [0.25, 0.3) is 6.08 Å². The summed E-state index contributed by atoms with van der Waals surface area (Å²) in [6.45, 7) is 0.254. The maximum absolute atomic E-state index is 12.3. The zero-order valence-corrected chi connectivity index (χ0v) is 13.8. The molecule has 1 aliphatic rings. The summed E-state index contributed by atoms with van der Waals surface area (Å²) in [7, 11) is 0. The van der Waals surface area contributed by atoms with E-state index in [9.17, 15) is 4.79 Å². The first kappa shape index (κ1) is 14.4. The first-order chi connectivity index (χ1) is 10.1. The Morgan fingerprint density at radius 3 is 2.86 bits per heavy atom. The van der Waals surface area contributed by atoms with Gasteiger partial charge >= 0.3 is 0 Å². The summed E-state index contributed by atoms with van der Waals surface area (Å²) < 4.78 is 6.58. The molecule has 0 bridgehead atoms. The Labute approximate surface area is 141 Å². The fraction of sp³-hybridized carbons (Fsp3) is 0.0625. The van der Waals surface area contributed by atoms with Crippen LogP contribution in [-0.2, 0) is 4.79 Å². The van der Waals surface area contributed by atoms with Gasteiger partial charge in [-0.3, -0.25) is 4.79 Å². The molecule has 3 nitrogen and oxygen atoms in total. The molecule has 1 amide bonds. The van der Waals surface area contributed by atoms with E-state index in [1.54, 1.807) is 12.1 Å². The number of halogens is 2. The minimum absolute atomic E-state index is 0.162. The number of benzene rings is 2. The van der Waals surface area contributed by atoms with Crippen molar-refractivity contribution in [2.75, 3.05) is 11.9 Å². The second kappa shape index (κ2) is 6.07. The Morgan fingerprint density at radius 1 is 1.24 bits per heavy atom. The number of rotatable bonds is 2. The van der Waals surface area contributed by atoms with Crippen LogP contribution >= 0.6 is 34.2 Å². The van der Waals surface area contributed by atoms with Gasteiger partial charge in [-0.05, 0) is 59.0 Å². The molecule has 2 aromatic carbocycles. The number of hydrogen-bond acceptors (Lipinski definition) is 2. The highest BCUT2D eigenvalue weighted by Gasteiger charge is 2.18. The third-order valence-electron chi connectivity index (χ3n) is 3.10. The minimum atomic E-state index is -0.162. The molecule has 1 N–H and O–H groups in total. The number of ether oxygens (including phenoxy) is 1. The molecule has 21 heavy (non-hydrogen) atoms. The summed E-state index contributed by atoms with van der Waals surface area (Å²) in [5.41, 5.74) is 2.19. The molecule has 1 heterocycles. The monoisotopic (exact) mass is 411 g/mol. The van der Waals surface area contributed by atoms with Crippen molar-refractivity contribution in [3.63, 3.8) is 0 Å². The summed E-state index contributed by atoms with van der Waals surface area (Å²) in [4.78, 5) is 12.3. The van der Waals surface area contributed by atoms with E-state index < -0.39 is 0 Å². The van der Waals surface area contributed by atoms with Gasteiger partial charge in [0, 0.05) is 14.2 Å². The molecule has 5 heteroatoms. The molecule has 3 rings (SSSR count). The van der Waals surface area contributed by atoms with Crippen LogP contribution in [0.2, 0.25) is 5.02 Å². The largest absolute Gasteiger partial charge is 0.488 e. The van der Waals surface area contributed by atoms with E-state index in [2.05, 4.69) is 27.9 Å². The Kier molecular flexibility index (Phi) is 4.17. The summed E-state index contributed by atoms with van der Waals surface area (Å²) in [5, 5.41) is 3.52.